The molecule has 54 valence electrons. The molecule has 0 aliphatic rings. The lowest BCUT2D eigenvalue weighted by atomic mass is 10.4. The maximum absolute atomic E-state index is 3.54. The second kappa shape index (κ2) is 7.76. The molecular formula is C9H13N. The summed E-state index contributed by atoms with van der Waals surface area (Å²) in [6.07, 6.45) is 13.2. The largest absolute Gasteiger partial charge is 0.394 e. The molecule has 0 fully saturated rings. The predicted molar refractivity (Wildman–Crippen MR) is 46.7 cm³/mol. The first-order valence-electron chi connectivity index (χ1n) is 3.20. The van der Waals surface area contributed by atoms with Gasteiger partial charge in [-0.15, -0.1) is 0 Å². The lowest BCUT2D eigenvalue weighted by molar-refractivity contribution is 1.10. The molecule has 1 N–H and O–H groups in total. The number of allylic oxidation sites excluding steroid dienone is 6. The lowest BCUT2D eigenvalue weighted by Crippen LogP contribution is -1.89. The van der Waals surface area contributed by atoms with E-state index in [1.165, 1.54) is 0 Å². The molecule has 0 unspecified atom stereocenters. The Kier molecular flexibility index (Phi) is 6.80. The van der Waals surface area contributed by atoms with Gasteiger partial charge in [0.05, 0.1) is 0 Å². The van der Waals surface area contributed by atoms with E-state index in [2.05, 4.69) is 11.9 Å². The van der Waals surface area contributed by atoms with Crippen LogP contribution in [0.3, 0.4) is 0 Å². The summed E-state index contributed by atoms with van der Waals surface area (Å²) in [5, 5.41) is 2.88. The Balaban J connectivity index is 3.46. The van der Waals surface area contributed by atoms with Gasteiger partial charge in [0.1, 0.15) is 0 Å². The molecular weight excluding hydrogens is 122 g/mol. The van der Waals surface area contributed by atoms with E-state index in [-0.39, 0.29) is 0 Å². The van der Waals surface area contributed by atoms with Crippen LogP contribution in [0, 0.1) is 0 Å². The second-order valence-corrected chi connectivity index (χ2v) is 1.65. The number of nitrogens with one attached hydrogen (secondary N) is 1. The van der Waals surface area contributed by atoms with Gasteiger partial charge in [0.2, 0.25) is 0 Å². The van der Waals surface area contributed by atoms with Crippen LogP contribution in [0.15, 0.2) is 49.2 Å². The van der Waals surface area contributed by atoms with Crippen LogP contribution >= 0.6 is 0 Å². The number of hydrogen-bond acceptors (Lipinski definition) is 1. The molecule has 0 aliphatic heterocycles. The molecule has 0 saturated carbocycles. The van der Waals surface area contributed by atoms with Crippen molar-refractivity contribution in [3.63, 3.8) is 0 Å². The Bertz CT molecular complexity index is 152. The van der Waals surface area contributed by atoms with Crippen LogP contribution in [0.4, 0.5) is 0 Å². The van der Waals surface area contributed by atoms with E-state index in [1.807, 2.05) is 43.6 Å². The van der Waals surface area contributed by atoms with Gasteiger partial charge in [0, 0.05) is 7.05 Å². The van der Waals surface area contributed by atoms with Crippen LogP contribution in [0.5, 0.6) is 0 Å². The van der Waals surface area contributed by atoms with E-state index in [4.69, 9.17) is 0 Å². The third-order valence-corrected chi connectivity index (χ3v) is 0.843. The third-order valence-electron chi connectivity index (χ3n) is 0.843. The molecule has 1 heteroatoms. The van der Waals surface area contributed by atoms with Gasteiger partial charge in [-0.05, 0) is 12.3 Å². The van der Waals surface area contributed by atoms with Gasteiger partial charge in [-0.1, -0.05) is 37.0 Å². The first-order chi connectivity index (χ1) is 4.91. The van der Waals surface area contributed by atoms with Crippen molar-refractivity contribution in [2.45, 2.75) is 0 Å². The fourth-order valence-corrected chi connectivity index (χ4v) is 0.423. The van der Waals surface area contributed by atoms with Crippen LogP contribution < -0.4 is 5.32 Å². The third kappa shape index (κ3) is 6.76. The maximum atomic E-state index is 3.54. The van der Waals surface area contributed by atoms with Gasteiger partial charge in [0.25, 0.3) is 0 Å². The van der Waals surface area contributed by atoms with E-state index in [9.17, 15) is 0 Å². The Morgan fingerprint density at radius 1 is 1.00 bits per heavy atom. The summed E-state index contributed by atoms with van der Waals surface area (Å²) in [5.41, 5.74) is 0. The van der Waals surface area contributed by atoms with Crippen LogP contribution in [-0.2, 0) is 0 Å². The molecule has 0 aromatic heterocycles. The van der Waals surface area contributed by atoms with Crippen molar-refractivity contribution in [2.24, 2.45) is 0 Å². The van der Waals surface area contributed by atoms with Crippen molar-refractivity contribution in [3.05, 3.63) is 49.2 Å². The molecule has 0 saturated heterocycles. The van der Waals surface area contributed by atoms with Gasteiger partial charge in [-0.25, -0.2) is 0 Å². The first kappa shape index (κ1) is 8.76. The lowest BCUT2D eigenvalue weighted by Gasteiger charge is -1.78. The highest BCUT2D eigenvalue weighted by molar-refractivity contribution is 5.13. The highest BCUT2D eigenvalue weighted by Gasteiger charge is 1.59. The Morgan fingerprint density at radius 3 is 2.20 bits per heavy atom. The van der Waals surface area contributed by atoms with Crippen molar-refractivity contribution in [3.8, 4) is 0 Å². The molecule has 0 aromatic rings. The Labute approximate surface area is 62.5 Å². The minimum atomic E-state index is 1.74. The van der Waals surface area contributed by atoms with Gasteiger partial charge >= 0.3 is 0 Å². The quantitative estimate of drug-likeness (QED) is 0.581. The molecule has 0 spiro atoms. The summed E-state index contributed by atoms with van der Waals surface area (Å²) in [7, 11) is 1.86. The van der Waals surface area contributed by atoms with Crippen molar-refractivity contribution in [1.82, 2.24) is 5.32 Å². The van der Waals surface area contributed by atoms with E-state index < -0.39 is 0 Å². The Morgan fingerprint density at radius 2 is 1.60 bits per heavy atom. The number of hydrogen-bond donors (Lipinski definition) is 1. The molecule has 0 heterocycles. The van der Waals surface area contributed by atoms with Crippen LogP contribution in [-0.4, -0.2) is 7.05 Å². The second-order valence-electron chi connectivity index (χ2n) is 1.65. The standard InChI is InChI=1S/C9H13N/c1-3-4-5-6-7-8-9-10-2/h3-10H,1H2,2H3/b5-4-,7-6+,9-8+. The van der Waals surface area contributed by atoms with Gasteiger partial charge in [-0.3, -0.25) is 0 Å². The summed E-state index contributed by atoms with van der Waals surface area (Å²) in [6.45, 7) is 3.54. The minimum absolute atomic E-state index is 1.74. The SMILES string of the molecule is C=C\C=C/C=C/C=C/NC. The summed E-state index contributed by atoms with van der Waals surface area (Å²) in [5.74, 6) is 0. The smallest absolute Gasteiger partial charge is 0.00277 e. The van der Waals surface area contributed by atoms with Crippen molar-refractivity contribution in [1.29, 1.82) is 0 Å². The number of rotatable bonds is 4. The summed E-state index contributed by atoms with van der Waals surface area (Å²) in [4.78, 5) is 0. The topological polar surface area (TPSA) is 12.0 Å². The minimum Gasteiger partial charge on any atom is -0.394 e. The Hall–Kier alpha value is -1.24. The molecule has 0 aliphatic carbocycles. The van der Waals surface area contributed by atoms with Gasteiger partial charge < -0.3 is 5.32 Å². The fourth-order valence-electron chi connectivity index (χ4n) is 0.423. The predicted octanol–water partition coefficient (Wildman–Crippen LogP) is 2.02. The highest BCUT2D eigenvalue weighted by atomic mass is 14.8. The molecule has 0 atom stereocenters. The fraction of sp³-hybridized carbons (Fsp3) is 0.111. The van der Waals surface area contributed by atoms with E-state index in [0.29, 0.717) is 0 Å². The molecule has 0 aromatic carbocycles. The van der Waals surface area contributed by atoms with E-state index >= 15 is 0 Å². The first-order valence-corrected chi connectivity index (χ1v) is 3.20. The summed E-state index contributed by atoms with van der Waals surface area (Å²) in [6, 6.07) is 0. The molecule has 0 radical (unpaired) electrons. The molecule has 0 rings (SSSR count). The van der Waals surface area contributed by atoms with Gasteiger partial charge in [0.15, 0.2) is 0 Å². The molecule has 10 heavy (non-hydrogen) atoms. The summed E-state index contributed by atoms with van der Waals surface area (Å²) < 4.78 is 0. The van der Waals surface area contributed by atoms with Crippen LogP contribution in [0.25, 0.3) is 0 Å². The van der Waals surface area contributed by atoms with E-state index in [1.54, 1.807) is 6.08 Å². The zero-order valence-electron chi connectivity index (χ0n) is 6.25. The maximum Gasteiger partial charge on any atom is 0.00277 e. The molecule has 0 bridgehead atoms. The normalized spacial score (nSPS) is 11.7. The molecule has 1 nitrogen and oxygen atoms in total. The summed E-state index contributed by atoms with van der Waals surface area (Å²) >= 11 is 0. The van der Waals surface area contributed by atoms with Crippen LogP contribution in [0.1, 0.15) is 0 Å². The van der Waals surface area contributed by atoms with Gasteiger partial charge in [-0.2, -0.15) is 0 Å². The van der Waals surface area contributed by atoms with Crippen molar-refractivity contribution in [2.75, 3.05) is 7.05 Å². The highest BCUT2D eigenvalue weighted by Crippen LogP contribution is 1.78. The monoisotopic (exact) mass is 135 g/mol. The van der Waals surface area contributed by atoms with Crippen LogP contribution in [0.2, 0.25) is 0 Å². The zero-order valence-corrected chi connectivity index (χ0v) is 6.25. The average Bonchev–Trinajstić information content (AvgIpc) is 1.97. The zero-order chi connectivity index (χ0) is 7.66. The molecule has 0 amide bonds. The van der Waals surface area contributed by atoms with Crippen molar-refractivity contribution < 1.29 is 0 Å². The van der Waals surface area contributed by atoms with E-state index in [0.717, 1.165) is 0 Å². The average molecular weight is 135 g/mol. The van der Waals surface area contributed by atoms with Crippen molar-refractivity contribution >= 4 is 0 Å².